The number of carbonyl (C=O) groups excluding carboxylic acids is 1. The van der Waals surface area contributed by atoms with Crippen LogP contribution in [0.15, 0.2) is 0 Å². The third-order valence-corrected chi connectivity index (χ3v) is 4.57. The number of esters is 1. The van der Waals surface area contributed by atoms with Crippen LogP contribution in [-0.2, 0) is 9.53 Å². The number of nitrogens with zero attached hydrogens (tertiary/aromatic N) is 1. The summed E-state index contributed by atoms with van der Waals surface area (Å²) in [5.41, 5.74) is 0. The molecule has 0 atom stereocenters. The standard InChI is InChI=1S/C16H32NO2/c1-4-11-17(6-3,12-5-2)13-14-19-16(18)15-9-7-8-10-15/h15H,4-14H2,1-3H3/q+1. The molecule has 0 aromatic heterocycles. The van der Waals surface area contributed by atoms with E-state index in [0.29, 0.717) is 6.61 Å². The molecular formula is C16H32NO2+. The van der Waals surface area contributed by atoms with E-state index in [1.54, 1.807) is 0 Å². The van der Waals surface area contributed by atoms with E-state index in [0.717, 1.165) is 30.4 Å². The molecule has 0 aromatic rings. The molecule has 1 rings (SSSR count). The molecule has 1 saturated carbocycles. The first kappa shape index (κ1) is 16.5. The van der Waals surface area contributed by atoms with Crippen LogP contribution in [0.3, 0.4) is 0 Å². The smallest absolute Gasteiger partial charge is 0.309 e. The number of quaternary nitrogens is 1. The van der Waals surface area contributed by atoms with Crippen molar-refractivity contribution in [1.29, 1.82) is 0 Å². The van der Waals surface area contributed by atoms with Gasteiger partial charge in [0.15, 0.2) is 0 Å². The van der Waals surface area contributed by atoms with Crippen molar-refractivity contribution in [3.05, 3.63) is 0 Å². The molecule has 0 unspecified atom stereocenters. The first-order chi connectivity index (χ1) is 9.17. The molecule has 0 saturated heterocycles. The molecule has 1 fully saturated rings. The summed E-state index contributed by atoms with van der Waals surface area (Å²) in [6.45, 7) is 11.9. The lowest BCUT2D eigenvalue weighted by atomic mass is 10.1. The van der Waals surface area contributed by atoms with Crippen molar-refractivity contribution >= 4 is 5.97 Å². The maximum Gasteiger partial charge on any atom is 0.309 e. The molecule has 0 spiro atoms. The van der Waals surface area contributed by atoms with Crippen LogP contribution in [0, 0.1) is 5.92 Å². The van der Waals surface area contributed by atoms with Crippen LogP contribution in [0.4, 0.5) is 0 Å². The Morgan fingerprint density at radius 2 is 1.63 bits per heavy atom. The van der Waals surface area contributed by atoms with Crippen molar-refractivity contribution in [2.45, 2.75) is 59.3 Å². The first-order valence-electron chi connectivity index (χ1n) is 8.19. The minimum Gasteiger partial charge on any atom is -0.459 e. The van der Waals surface area contributed by atoms with Gasteiger partial charge in [0.25, 0.3) is 0 Å². The number of rotatable bonds is 9. The van der Waals surface area contributed by atoms with Crippen molar-refractivity contribution < 1.29 is 14.0 Å². The fourth-order valence-electron chi connectivity index (χ4n) is 3.38. The zero-order chi connectivity index (χ0) is 14.1. The highest BCUT2D eigenvalue weighted by Crippen LogP contribution is 2.25. The van der Waals surface area contributed by atoms with Crippen molar-refractivity contribution in [1.82, 2.24) is 0 Å². The number of hydrogen-bond acceptors (Lipinski definition) is 2. The number of likely N-dealkylation sites (N-methyl/N-ethyl adjacent to an activating group) is 1. The quantitative estimate of drug-likeness (QED) is 0.474. The van der Waals surface area contributed by atoms with Crippen molar-refractivity contribution in [3.8, 4) is 0 Å². The van der Waals surface area contributed by atoms with E-state index in [1.165, 1.54) is 38.8 Å². The lowest BCUT2D eigenvalue weighted by Gasteiger charge is -2.37. The molecule has 0 amide bonds. The molecule has 0 aliphatic heterocycles. The van der Waals surface area contributed by atoms with Crippen LogP contribution in [0.2, 0.25) is 0 Å². The van der Waals surface area contributed by atoms with Gasteiger partial charge in [-0.05, 0) is 32.6 Å². The van der Waals surface area contributed by atoms with Crippen molar-refractivity contribution in [2.75, 3.05) is 32.8 Å². The maximum absolute atomic E-state index is 11.9. The largest absolute Gasteiger partial charge is 0.459 e. The Morgan fingerprint density at radius 3 is 2.11 bits per heavy atom. The van der Waals surface area contributed by atoms with Crippen molar-refractivity contribution in [3.63, 3.8) is 0 Å². The minimum atomic E-state index is 0.0553. The van der Waals surface area contributed by atoms with Crippen LogP contribution in [0.25, 0.3) is 0 Å². The summed E-state index contributed by atoms with van der Waals surface area (Å²) in [7, 11) is 0. The third-order valence-electron chi connectivity index (χ3n) is 4.57. The third kappa shape index (κ3) is 5.13. The Bertz CT molecular complexity index is 253. The van der Waals surface area contributed by atoms with Gasteiger partial charge in [-0.2, -0.15) is 0 Å². The highest BCUT2D eigenvalue weighted by atomic mass is 16.5. The Morgan fingerprint density at radius 1 is 1.05 bits per heavy atom. The molecule has 0 bridgehead atoms. The van der Waals surface area contributed by atoms with Gasteiger partial charge in [-0.15, -0.1) is 0 Å². The van der Waals surface area contributed by atoms with Crippen LogP contribution in [0.5, 0.6) is 0 Å². The zero-order valence-electron chi connectivity index (χ0n) is 13.1. The van der Waals surface area contributed by atoms with Crippen LogP contribution >= 0.6 is 0 Å². The van der Waals surface area contributed by atoms with E-state index in [-0.39, 0.29) is 11.9 Å². The van der Waals surface area contributed by atoms with Crippen LogP contribution in [0.1, 0.15) is 59.3 Å². The van der Waals surface area contributed by atoms with E-state index >= 15 is 0 Å². The normalized spacial score (nSPS) is 16.8. The second-order valence-corrected chi connectivity index (χ2v) is 5.98. The summed E-state index contributed by atoms with van der Waals surface area (Å²) < 4.78 is 6.62. The van der Waals surface area contributed by atoms with Crippen molar-refractivity contribution in [2.24, 2.45) is 5.92 Å². The molecule has 19 heavy (non-hydrogen) atoms. The molecule has 0 heterocycles. The fourth-order valence-corrected chi connectivity index (χ4v) is 3.38. The topological polar surface area (TPSA) is 26.3 Å². The molecule has 3 heteroatoms. The van der Waals surface area contributed by atoms with E-state index in [4.69, 9.17) is 4.74 Å². The van der Waals surface area contributed by atoms with Gasteiger partial charge in [0, 0.05) is 0 Å². The highest BCUT2D eigenvalue weighted by Gasteiger charge is 2.27. The van der Waals surface area contributed by atoms with Gasteiger partial charge in [-0.25, -0.2) is 0 Å². The van der Waals surface area contributed by atoms with E-state index in [1.807, 2.05) is 0 Å². The Kier molecular flexibility index (Phi) is 7.44. The average molecular weight is 270 g/mol. The van der Waals surface area contributed by atoms with E-state index in [9.17, 15) is 4.79 Å². The molecule has 0 aromatic carbocycles. The predicted molar refractivity (Wildman–Crippen MR) is 78.9 cm³/mol. The summed E-state index contributed by atoms with van der Waals surface area (Å²) >= 11 is 0. The van der Waals surface area contributed by atoms with Gasteiger partial charge in [0.1, 0.15) is 13.2 Å². The fraction of sp³-hybridized carbons (Fsp3) is 0.938. The second kappa shape index (κ2) is 8.57. The Balaban J connectivity index is 2.36. The molecular weight excluding hydrogens is 238 g/mol. The summed E-state index contributed by atoms with van der Waals surface area (Å²) in [4.78, 5) is 11.9. The SMILES string of the molecule is CCC[N+](CC)(CCC)CCOC(=O)C1CCCC1. The molecule has 3 nitrogen and oxygen atoms in total. The Labute approximate surface area is 118 Å². The molecule has 0 radical (unpaired) electrons. The summed E-state index contributed by atoms with van der Waals surface area (Å²) in [5, 5.41) is 0. The lowest BCUT2D eigenvalue weighted by Crippen LogP contribution is -2.51. The minimum absolute atomic E-state index is 0.0553. The van der Waals surface area contributed by atoms with Crippen LogP contribution in [-0.4, -0.2) is 43.2 Å². The maximum atomic E-state index is 11.9. The number of ether oxygens (including phenoxy) is 1. The van der Waals surface area contributed by atoms with E-state index in [2.05, 4.69) is 20.8 Å². The summed E-state index contributed by atoms with van der Waals surface area (Å²) in [5.74, 6) is 0.251. The van der Waals surface area contributed by atoms with Gasteiger partial charge in [0.2, 0.25) is 0 Å². The summed E-state index contributed by atoms with van der Waals surface area (Å²) in [6, 6.07) is 0. The molecule has 112 valence electrons. The number of carbonyl (C=O) groups is 1. The predicted octanol–water partition coefficient (Wildman–Crippen LogP) is 3.38. The average Bonchev–Trinajstić information content (AvgIpc) is 2.93. The molecule has 1 aliphatic carbocycles. The highest BCUT2D eigenvalue weighted by molar-refractivity contribution is 5.72. The molecule has 0 N–H and O–H groups in total. The van der Waals surface area contributed by atoms with Gasteiger partial charge in [-0.1, -0.05) is 26.7 Å². The monoisotopic (exact) mass is 270 g/mol. The van der Waals surface area contributed by atoms with Crippen LogP contribution < -0.4 is 0 Å². The summed E-state index contributed by atoms with van der Waals surface area (Å²) in [6.07, 6.45) is 6.86. The first-order valence-corrected chi connectivity index (χ1v) is 8.19. The Hall–Kier alpha value is -0.570. The van der Waals surface area contributed by atoms with Gasteiger partial charge in [0.05, 0.1) is 25.6 Å². The molecule has 1 aliphatic rings. The number of hydrogen-bond donors (Lipinski definition) is 0. The van der Waals surface area contributed by atoms with Gasteiger partial charge >= 0.3 is 5.97 Å². The van der Waals surface area contributed by atoms with E-state index < -0.39 is 0 Å². The van der Waals surface area contributed by atoms with Gasteiger partial charge in [-0.3, -0.25) is 4.79 Å². The lowest BCUT2D eigenvalue weighted by molar-refractivity contribution is -0.926. The van der Waals surface area contributed by atoms with Gasteiger partial charge < -0.3 is 9.22 Å². The zero-order valence-corrected chi connectivity index (χ0v) is 13.1. The second-order valence-electron chi connectivity index (χ2n) is 5.98.